The van der Waals surface area contributed by atoms with Gasteiger partial charge in [-0.25, -0.2) is 4.99 Å². The first-order chi connectivity index (χ1) is 16.3. The Labute approximate surface area is 215 Å². The number of allylic oxidation sites excluding steroid dienone is 1. The largest absolute Gasteiger partial charge is 0.354 e. The second-order valence-electron chi connectivity index (χ2n) is 9.50. The first kappa shape index (κ1) is 23.7. The van der Waals surface area contributed by atoms with Crippen molar-refractivity contribution in [3.05, 3.63) is 80.3 Å². The van der Waals surface area contributed by atoms with Crippen LogP contribution in [0.3, 0.4) is 0 Å². The van der Waals surface area contributed by atoms with Gasteiger partial charge in [0, 0.05) is 40.3 Å². The number of benzene rings is 2. The molecule has 5 nitrogen and oxygen atoms in total. The number of carbonyl (C=O) groups excluding carboxylic acids is 1. The molecule has 1 amide bonds. The van der Waals surface area contributed by atoms with E-state index < -0.39 is 5.54 Å². The van der Waals surface area contributed by atoms with Crippen molar-refractivity contribution < 1.29 is 4.79 Å². The van der Waals surface area contributed by atoms with Crippen molar-refractivity contribution in [2.24, 2.45) is 10.9 Å². The van der Waals surface area contributed by atoms with Crippen LogP contribution in [0.4, 0.5) is 0 Å². The van der Waals surface area contributed by atoms with E-state index in [4.69, 9.17) is 28.2 Å². The van der Waals surface area contributed by atoms with E-state index in [-0.39, 0.29) is 11.9 Å². The molecule has 1 saturated heterocycles. The number of piperazine rings is 1. The van der Waals surface area contributed by atoms with Crippen molar-refractivity contribution in [3.8, 4) is 0 Å². The van der Waals surface area contributed by atoms with Crippen molar-refractivity contribution in [1.82, 2.24) is 15.1 Å². The lowest BCUT2D eigenvalue weighted by Crippen LogP contribution is -2.48. The van der Waals surface area contributed by atoms with Crippen LogP contribution in [-0.2, 0) is 10.3 Å². The zero-order valence-electron chi connectivity index (χ0n) is 19.5. The number of aliphatic imine (C=N–C) groups is 1. The molecule has 0 aliphatic carbocycles. The third-order valence-corrected chi connectivity index (χ3v) is 8.29. The maximum Gasteiger partial charge on any atom is 0.234 e. The molecule has 5 rings (SSSR count). The lowest BCUT2D eigenvalue weighted by molar-refractivity contribution is -0.123. The molecule has 2 unspecified atom stereocenters. The average molecular weight is 516 g/mol. The summed E-state index contributed by atoms with van der Waals surface area (Å²) < 4.78 is 0. The van der Waals surface area contributed by atoms with Crippen LogP contribution in [0.1, 0.15) is 37.9 Å². The molecule has 8 heteroatoms. The third kappa shape index (κ3) is 4.26. The molecule has 2 aromatic rings. The Bertz CT molecular complexity index is 1160. The molecule has 178 valence electrons. The number of fused-ring (bicyclic) bond motifs is 1. The summed E-state index contributed by atoms with van der Waals surface area (Å²) in [5.41, 5.74) is 3.08. The normalized spacial score (nSPS) is 25.1. The van der Waals surface area contributed by atoms with E-state index >= 15 is 0 Å². The number of carbonyl (C=O) groups is 1. The van der Waals surface area contributed by atoms with Gasteiger partial charge >= 0.3 is 0 Å². The van der Waals surface area contributed by atoms with Gasteiger partial charge in [-0.2, -0.15) is 0 Å². The maximum absolute atomic E-state index is 12.0. The molecular formula is C26H28Cl2N4OS. The monoisotopic (exact) mass is 514 g/mol. The highest BCUT2D eigenvalue weighted by Gasteiger charge is 2.52. The molecule has 2 aromatic carbocycles. The topological polar surface area (TPSA) is 47.9 Å². The van der Waals surface area contributed by atoms with Gasteiger partial charge in [0.1, 0.15) is 5.54 Å². The Kier molecular flexibility index (Phi) is 6.44. The van der Waals surface area contributed by atoms with E-state index in [1.165, 1.54) is 10.6 Å². The van der Waals surface area contributed by atoms with E-state index in [0.717, 1.165) is 34.4 Å². The fourth-order valence-electron chi connectivity index (χ4n) is 5.16. The molecule has 0 spiro atoms. The van der Waals surface area contributed by atoms with Gasteiger partial charge in [-0.05, 0) is 48.2 Å². The lowest BCUT2D eigenvalue weighted by Gasteiger charge is -2.37. The second kappa shape index (κ2) is 9.23. The number of nitrogens with one attached hydrogen (secondary N) is 1. The van der Waals surface area contributed by atoms with Gasteiger partial charge in [-0.15, -0.1) is 0 Å². The molecule has 34 heavy (non-hydrogen) atoms. The number of thioether (sulfide) groups is 1. The van der Waals surface area contributed by atoms with E-state index in [1.54, 1.807) is 11.8 Å². The lowest BCUT2D eigenvalue weighted by atomic mass is 9.81. The number of rotatable bonds is 5. The van der Waals surface area contributed by atoms with Gasteiger partial charge in [-0.3, -0.25) is 9.69 Å². The maximum atomic E-state index is 12.0. The Hall–Kier alpha value is -1.99. The first-order valence-electron chi connectivity index (χ1n) is 11.6. The number of hydrogen-bond donors (Lipinski definition) is 1. The van der Waals surface area contributed by atoms with Crippen molar-refractivity contribution in [2.45, 2.75) is 32.4 Å². The summed E-state index contributed by atoms with van der Waals surface area (Å²) in [5.74, 6) is 0.393. The molecule has 3 aliphatic rings. The minimum absolute atomic E-state index is 0.0204. The standard InChI is InChI=1S/C26H28Cl2N4OS/c1-16(2)23-21(14-31-13-12-29-22(33)15-31)34-25-30-26(3,18-6-10-20(28)11-7-18)24(32(23)25)17-4-8-19(27)9-5-17/h4-11,16,24H,12-15H2,1-3H3,(H,29,33). The Morgan fingerprint density at radius 2 is 1.76 bits per heavy atom. The predicted octanol–water partition coefficient (Wildman–Crippen LogP) is 5.67. The highest BCUT2D eigenvalue weighted by Crippen LogP contribution is 2.56. The highest BCUT2D eigenvalue weighted by atomic mass is 35.5. The Balaban J connectivity index is 1.58. The minimum Gasteiger partial charge on any atom is -0.354 e. The first-order valence-corrected chi connectivity index (χ1v) is 13.1. The van der Waals surface area contributed by atoms with Gasteiger partial charge < -0.3 is 10.2 Å². The summed E-state index contributed by atoms with van der Waals surface area (Å²) in [6, 6.07) is 16.1. The van der Waals surface area contributed by atoms with Crippen LogP contribution in [-0.4, -0.2) is 47.1 Å². The molecule has 1 N–H and O–H groups in total. The van der Waals surface area contributed by atoms with Gasteiger partial charge in [0.05, 0.1) is 12.6 Å². The van der Waals surface area contributed by atoms with Crippen molar-refractivity contribution >= 4 is 46.0 Å². The molecule has 0 bridgehead atoms. The summed E-state index contributed by atoms with van der Waals surface area (Å²) in [6.45, 7) is 9.42. The number of hydrogen-bond acceptors (Lipinski definition) is 5. The number of nitrogens with zero attached hydrogens (tertiary/aromatic N) is 3. The van der Waals surface area contributed by atoms with Crippen LogP contribution in [0.25, 0.3) is 0 Å². The van der Waals surface area contributed by atoms with E-state index in [9.17, 15) is 4.79 Å². The molecule has 1 fully saturated rings. The van der Waals surface area contributed by atoms with Crippen LogP contribution >= 0.6 is 35.0 Å². The van der Waals surface area contributed by atoms with Gasteiger partial charge in [0.15, 0.2) is 5.17 Å². The smallest absolute Gasteiger partial charge is 0.234 e. The molecule has 0 aromatic heterocycles. The number of amides is 1. The predicted molar refractivity (Wildman–Crippen MR) is 141 cm³/mol. The van der Waals surface area contributed by atoms with Crippen molar-refractivity contribution in [2.75, 3.05) is 26.2 Å². The van der Waals surface area contributed by atoms with Crippen LogP contribution in [0.15, 0.2) is 64.1 Å². The van der Waals surface area contributed by atoms with Crippen LogP contribution in [0.2, 0.25) is 10.0 Å². The minimum atomic E-state index is -0.489. The fraction of sp³-hybridized carbons (Fsp3) is 0.385. The second-order valence-corrected chi connectivity index (χ2v) is 11.4. The zero-order valence-corrected chi connectivity index (χ0v) is 21.8. The summed E-state index contributed by atoms with van der Waals surface area (Å²) in [6.07, 6.45) is 0. The average Bonchev–Trinajstić information content (AvgIpc) is 3.26. The summed E-state index contributed by atoms with van der Waals surface area (Å²) >= 11 is 14.2. The van der Waals surface area contributed by atoms with Gasteiger partial charge in [0.2, 0.25) is 5.91 Å². The highest BCUT2D eigenvalue weighted by molar-refractivity contribution is 8.17. The third-order valence-electron chi connectivity index (χ3n) is 6.73. The fourth-order valence-corrected chi connectivity index (χ4v) is 6.85. The summed E-state index contributed by atoms with van der Waals surface area (Å²) in [4.78, 5) is 23.2. The summed E-state index contributed by atoms with van der Waals surface area (Å²) in [7, 11) is 0. The number of amidine groups is 1. The van der Waals surface area contributed by atoms with Gasteiger partial charge in [0.25, 0.3) is 0 Å². The molecular weight excluding hydrogens is 487 g/mol. The molecule has 2 atom stereocenters. The van der Waals surface area contributed by atoms with Crippen LogP contribution < -0.4 is 5.32 Å². The van der Waals surface area contributed by atoms with Crippen molar-refractivity contribution in [1.29, 1.82) is 0 Å². The van der Waals surface area contributed by atoms with E-state index in [0.29, 0.717) is 24.0 Å². The zero-order chi connectivity index (χ0) is 24.0. The van der Waals surface area contributed by atoms with Gasteiger partial charge in [-0.1, -0.05) is 73.1 Å². The van der Waals surface area contributed by atoms with Crippen molar-refractivity contribution in [3.63, 3.8) is 0 Å². The van der Waals surface area contributed by atoms with Crippen LogP contribution in [0, 0.1) is 5.92 Å². The van der Waals surface area contributed by atoms with Crippen LogP contribution in [0.5, 0.6) is 0 Å². The number of halogens is 2. The van der Waals surface area contributed by atoms with E-state index in [2.05, 4.69) is 60.2 Å². The SMILES string of the molecule is CC(C)C1=C(CN2CCNC(=O)C2)SC2=NC(C)(c3ccc(Cl)cc3)C(c3ccc(Cl)cc3)N21. The molecule has 3 aliphatic heterocycles. The molecule has 0 radical (unpaired) electrons. The quantitative estimate of drug-likeness (QED) is 0.558. The molecule has 0 saturated carbocycles. The Morgan fingerprint density at radius 1 is 1.12 bits per heavy atom. The Morgan fingerprint density at radius 3 is 2.38 bits per heavy atom. The van der Waals surface area contributed by atoms with E-state index in [1.807, 2.05) is 24.3 Å². The summed E-state index contributed by atoms with van der Waals surface area (Å²) in [5, 5.41) is 5.36. The molecule has 3 heterocycles.